The minimum Gasteiger partial charge on any atom is -0.341 e. The smallest absolute Gasteiger partial charge is 0.233 e. The van der Waals surface area contributed by atoms with E-state index in [9.17, 15) is 4.79 Å². The van der Waals surface area contributed by atoms with E-state index < -0.39 is 0 Å². The summed E-state index contributed by atoms with van der Waals surface area (Å²) < 4.78 is 2.31. The topological polar surface area (TPSA) is 51.0 Å². The number of likely N-dealkylation sites (tertiary alicyclic amines) is 1. The van der Waals surface area contributed by atoms with Gasteiger partial charge in [-0.05, 0) is 49.5 Å². The second kappa shape index (κ2) is 5.43. The van der Waals surface area contributed by atoms with Crippen LogP contribution in [0, 0.1) is 5.41 Å². The van der Waals surface area contributed by atoms with E-state index >= 15 is 0 Å². The molecule has 1 aliphatic heterocycles. The molecule has 2 heterocycles. The number of benzene rings is 1. The average molecular weight is 362 g/mol. The van der Waals surface area contributed by atoms with Crippen LogP contribution in [-0.4, -0.2) is 38.7 Å². The zero-order valence-corrected chi connectivity index (χ0v) is 15.7. The van der Waals surface area contributed by atoms with Crippen molar-refractivity contribution in [3.05, 3.63) is 48.0 Å². The monoisotopic (exact) mass is 362 g/mol. The predicted molar refractivity (Wildman–Crippen MR) is 101 cm³/mol. The lowest BCUT2D eigenvalue weighted by atomic mass is 9.62. The molecule has 1 aromatic heterocycles. The highest BCUT2D eigenvalue weighted by molar-refractivity contribution is 5.91. The molecule has 5 heteroatoms. The van der Waals surface area contributed by atoms with Crippen molar-refractivity contribution in [1.82, 2.24) is 19.7 Å². The van der Waals surface area contributed by atoms with Crippen LogP contribution in [0.25, 0.3) is 0 Å². The minimum atomic E-state index is -0.259. The summed E-state index contributed by atoms with van der Waals surface area (Å²) in [7, 11) is 0. The van der Waals surface area contributed by atoms with Crippen LogP contribution in [-0.2, 0) is 10.2 Å². The molecule has 1 spiro atoms. The maximum atomic E-state index is 13.6. The molecular weight excluding hydrogens is 336 g/mol. The van der Waals surface area contributed by atoms with Gasteiger partial charge in [0.15, 0.2) is 0 Å². The number of rotatable bonds is 4. The fraction of sp³-hybridized carbons (Fsp3) is 0.591. The van der Waals surface area contributed by atoms with E-state index in [4.69, 9.17) is 0 Å². The van der Waals surface area contributed by atoms with Crippen LogP contribution in [0.1, 0.15) is 68.3 Å². The van der Waals surface area contributed by atoms with Crippen LogP contribution >= 0.6 is 0 Å². The first kappa shape index (κ1) is 15.8. The summed E-state index contributed by atoms with van der Waals surface area (Å²) in [5.41, 5.74) is 1.18. The maximum absolute atomic E-state index is 13.6. The third kappa shape index (κ3) is 2.26. The largest absolute Gasteiger partial charge is 0.341 e. The van der Waals surface area contributed by atoms with Crippen LogP contribution < -0.4 is 0 Å². The lowest BCUT2D eigenvalue weighted by molar-refractivity contribution is -0.133. The summed E-state index contributed by atoms with van der Waals surface area (Å²) in [6.45, 7) is 1.72. The molecule has 1 amide bonds. The van der Waals surface area contributed by atoms with Gasteiger partial charge in [0.25, 0.3) is 0 Å². The second-order valence-electron chi connectivity index (χ2n) is 9.23. The standard InChI is InChI=1S/C22H26N4O/c27-20(22(11-12-22)16-5-2-1-3-6-16)25-13-18(21(14-25)9-4-10-21)19-24-23-15-26(19)17-7-8-17/h1-3,5-6,15,17-18H,4,7-14H2. The van der Waals surface area contributed by atoms with Crippen LogP contribution in [0.2, 0.25) is 0 Å². The SMILES string of the molecule is O=C(N1CC(c2nncn2C2CC2)C2(CCC2)C1)C1(c2ccccc2)CC1. The fourth-order valence-corrected chi connectivity index (χ4v) is 5.56. The van der Waals surface area contributed by atoms with Gasteiger partial charge in [-0.1, -0.05) is 36.8 Å². The highest BCUT2D eigenvalue weighted by atomic mass is 16.2. The number of amides is 1. The molecule has 0 radical (unpaired) electrons. The normalized spacial score (nSPS) is 27.6. The number of aromatic nitrogens is 3. The number of carbonyl (C=O) groups excluding carboxylic acids is 1. The third-order valence-electron chi connectivity index (χ3n) is 7.62. The first-order chi connectivity index (χ1) is 13.2. The van der Waals surface area contributed by atoms with E-state index in [2.05, 4.69) is 43.9 Å². The molecule has 5 nitrogen and oxygen atoms in total. The molecule has 140 valence electrons. The van der Waals surface area contributed by atoms with E-state index in [1.165, 1.54) is 37.7 Å². The Kier molecular flexibility index (Phi) is 3.19. The molecule has 1 saturated heterocycles. The third-order valence-corrected chi connectivity index (χ3v) is 7.62. The molecule has 1 unspecified atom stereocenters. The summed E-state index contributed by atoms with van der Waals surface area (Å²) in [4.78, 5) is 15.8. The summed E-state index contributed by atoms with van der Waals surface area (Å²) in [6.07, 6.45) is 10.1. The van der Waals surface area contributed by atoms with Gasteiger partial charge in [0.1, 0.15) is 12.2 Å². The quantitative estimate of drug-likeness (QED) is 0.837. The molecular formula is C22H26N4O. The number of carbonyl (C=O) groups is 1. The van der Waals surface area contributed by atoms with Gasteiger partial charge in [0, 0.05) is 25.0 Å². The lowest BCUT2D eigenvalue weighted by Crippen LogP contribution is -2.41. The summed E-state index contributed by atoms with van der Waals surface area (Å²) in [5.74, 6) is 1.84. The van der Waals surface area contributed by atoms with E-state index in [1.54, 1.807) is 0 Å². The van der Waals surface area contributed by atoms with Gasteiger partial charge in [0.05, 0.1) is 5.41 Å². The zero-order chi connectivity index (χ0) is 18.1. The van der Waals surface area contributed by atoms with E-state index in [0.29, 0.717) is 17.9 Å². The van der Waals surface area contributed by atoms with Gasteiger partial charge in [-0.15, -0.1) is 10.2 Å². The molecule has 0 bridgehead atoms. The summed E-state index contributed by atoms with van der Waals surface area (Å²) >= 11 is 0. The van der Waals surface area contributed by atoms with Gasteiger partial charge in [-0.25, -0.2) is 0 Å². The van der Waals surface area contributed by atoms with Crippen molar-refractivity contribution in [1.29, 1.82) is 0 Å². The van der Waals surface area contributed by atoms with Crippen LogP contribution in [0.3, 0.4) is 0 Å². The number of hydrogen-bond acceptors (Lipinski definition) is 3. The lowest BCUT2D eigenvalue weighted by Gasteiger charge is -2.42. The zero-order valence-electron chi connectivity index (χ0n) is 15.7. The van der Waals surface area contributed by atoms with Crippen molar-refractivity contribution in [2.75, 3.05) is 13.1 Å². The Labute approximate surface area is 159 Å². The summed E-state index contributed by atoms with van der Waals surface area (Å²) in [6, 6.07) is 11.0. The van der Waals surface area contributed by atoms with Crippen molar-refractivity contribution in [3.63, 3.8) is 0 Å². The Hall–Kier alpha value is -2.17. The highest BCUT2D eigenvalue weighted by Crippen LogP contribution is 2.58. The molecule has 3 saturated carbocycles. The Morgan fingerprint density at radius 3 is 2.48 bits per heavy atom. The molecule has 1 aromatic carbocycles. The van der Waals surface area contributed by atoms with E-state index in [-0.39, 0.29) is 10.8 Å². The van der Waals surface area contributed by atoms with E-state index in [1.807, 2.05) is 12.4 Å². The van der Waals surface area contributed by atoms with E-state index in [0.717, 1.165) is 31.8 Å². The Morgan fingerprint density at radius 1 is 1.07 bits per heavy atom. The highest BCUT2D eigenvalue weighted by Gasteiger charge is 2.59. The Morgan fingerprint density at radius 2 is 1.85 bits per heavy atom. The van der Waals surface area contributed by atoms with Crippen molar-refractivity contribution in [2.24, 2.45) is 5.41 Å². The maximum Gasteiger partial charge on any atom is 0.233 e. The van der Waals surface area contributed by atoms with Crippen LogP contribution in [0.15, 0.2) is 36.7 Å². The predicted octanol–water partition coefficient (Wildman–Crippen LogP) is 3.44. The van der Waals surface area contributed by atoms with Gasteiger partial charge < -0.3 is 9.47 Å². The van der Waals surface area contributed by atoms with Crippen molar-refractivity contribution in [2.45, 2.75) is 62.3 Å². The van der Waals surface area contributed by atoms with Crippen molar-refractivity contribution in [3.8, 4) is 0 Å². The molecule has 3 aliphatic carbocycles. The van der Waals surface area contributed by atoms with Crippen molar-refractivity contribution >= 4 is 5.91 Å². The van der Waals surface area contributed by atoms with Crippen molar-refractivity contribution < 1.29 is 4.79 Å². The molecule has 27 heavy (non-hydrogen) atoms. The average Bonchev–Trinajstić information content (AvgIpc) is 3.59. The van der Waals surface area contributed by atoms with Crippen LogP contribution in [0.4, 0.5) is 0 Å². The molecule has 4 fully saturated rings. The van der Waals surface area contributed by atoms with Crippen LogP contribution in [0.5, 0.6) is 0 Å². The molecule has 6 rings (SSSR count). The Bertz CT molecular complexity index is 877. The number of hydrogen-bond donors (Lipinski definition) is 0. The first-order valence-corrected chi connectivity index (χ1v) is 10.5. The van der Waals surface area contributed by atoms with Gasteiger partial charge in [0.2, 0.25) is 5.91 Å². The Balaban J connectivity index is 1.31. The number of nitrogens with zero attached hydrogens (tertiary/aromatic N) is 4. The molecule has 2 aromatic rings. The van der Waals surface area contributed by atoms with Gasteiger partial charge in [-0.3, -0.25) is 4.79 Å². The first-order valence-electron chi connectivity index (χ1n) is 10.5. The molecule has 4 aliphatic rings. The van der Waals surface area contributed by atoms with Gasteiger partial charge in [-0.2, -0.15) is 0 Å². The fourth-order valence-electron chi connectivity index (χ4n) is 5.56. The molecule has 0 N–H and O–H groups in total. The second-order valence-corrected chi connectivity index (χ2v) is 9.23. The summed E-state index contributed by atoms with van der Waals surface area (Å²) in [5, 5.41) is 8.78. The molecule has 1 atom stereocenters. The minimum absolute atomic E-state index is 0.238. The van der Waals surface area contributed by atoms with Gasteiger partial charge >= 0.3 is 0 Å².